The number of thioether (sulfide) groups is 1. The molecule has 0 saturated heterocycles. The molecule has 1 atom stereocenters. The maximum absolute atomic E-state index is 13.0. The van der Waals surface area contributed by atoms with Gasteiger partial charge in [-0.25, -0.2) is 14.6 Å². The lowest BCUT2D eigenvalue weighted by Crippen LogP contribution is -2.29. The summed E-state index contributed by atoms with van der Waals surface area (Å²) in [6.07, 6.45) is 5.41. The first kappa shape index (κ1) is 17.9. The van der Waals surface area contributed by atoms with Gasteiger partial charge in [0.1, 0.15) is 16.6 Å². The number of para-hydroxylation sites is 1. The fourth-order valence-electron chi connectivity index (χ4n) is 3.19. The molecule has 2 aromatic carbocycles. The van der Waals surface area contributed by atoms with Gasteiger partial charge in [-0.15, -0.1) is 0 Å². The standard InChI is InChI=1S/C22H19N5OS/c28-21(26-16-11-12-16)19(15-7-3-1-4-8-15)29-22-18-13-25-27(20(18)23-14-24-22)17-9-5-2-6-10-17/h1-10,13-14,16,19H,11-12H2,(H,26,28). The molecule has 2 aromatic heterocycles. The molecule has 1 fully saturated rings. The Morgan fingerprint density at radius 1 is 1.03 bits per heavy atom. The van der Waals surface area contributed by atoms with Crippen LogP contribution >= 0.6 is 11.8 Å². The average Bonchev–Trinajstić information content (AvgIpc) is 3.47. The Morgan fingerprint density at radius 2 is 1.76 bits per heavy atom. The van der Waals surface area contributed by atoms with Gasteiger partial charge in [0.25, 0.3) is 0 Å². The maximum Gasteiger partial charge on any atom is 0.238 e. The van der Waals surface area contributed by atoms with Crippen LogP contribution in [0.15, 0.2) is 78.2 Å². The lowest BCUT2D eigenvalue weighted by atomic mass is 10.1. The van der Waals surface area contributed by atoms with Crippen molar-refractivity contribution in [1.82, 2.24) is 25.1 Å². The van der Waals surface area contributed by atoms with E-state index in [1.807, 2.05) is 60.7 Å². The zero-order valence-corrected chi connectivity index (χ0v) is 16.4. The number of aromatic nitrogens is 4. The van der Waals surface area contributed by atoms with E-state index in [0.29, 0.717) is 6.04 Å². The summed E-state index contributed by atoms with van der Waals surface area (Å²) in [5.41, 5.74) is 2.62. The summed E-state index contributed by atoms with van der Waals surface area (Å²) >= 11 is 1.44. The van der Waals surface area contributed by atoms with E-state index in [1.165, 1.54) is 18.1 Å². The Balaban J connectivity index is 1.52. The second kappa shape index (κ2) is 7.67. The topological polar surface area (TPSA) is 72.7 Å². The number of benzene rings is 2. The molecular formula is C22H19N5OS. The Hall–Kier alpha value is -3.19. The molecule has 1 aliphatic rings. The highest BCUT2D eigenvalue weighted by molar-refractivity contribution is 8.00. The lowest BCUT2D eigenvalue weighted by Gasteiger charge is -2.16. The van der Waals surface area contributed by atoms with Gasteiger partial charge in [-0.05, 0) is 30.5 Å². The highest BCUT2D eigenvalue weighted by Gasteiger charge is 2.30. The van der Waals surface area contributed by atoms with Gasteiger partial charge in [0.05, 0.1) is 17.3 Å². The highest BCUT2D eigenvalue weighted by atomic mass is 32.2. The van der Waals surface area contributed by atoms with E-state index in [4.69, 9.17) is 0 Å². The van der Waals surface area contributed by atoms with Gasteiger partial charge < -0.3 is 5.32 Å². The van der Waals surface area contributed by atoms with Gasteiger partial charge in [0.15, 0.2) is 5.65 Å². The van der Waals surface area contributed by atoms with E-state index in [0.717, 1.165) is 40.2 Å². The molecule has 6 nitrogen and oxygen atoms in total. The maximum atomic E-state index is 13.0. The quantitative estimate of drug-likeness (QED) is 0.391. The molecule has 0 spiro atoms. The predicted molar refractivity (Wildman–Crippen MR) is 113 cm³/mol. The number of fused-ring (bicyclic) bond motifs is 1. The number of carbonyl (C=O) groups is 1. The molecule has 0 bridgehead atoms. The normalized spacial score (nSPS) is 14.6. The molecule has 1 N–H and O–H groups in total. The van der Waals surface area contributed by atoms with Crippen molar-refractivity contribution in [2.24, 2.45) is 0 Å². The Kier molecular flexibility index (Phi) is 4.73. The molecule has 1 unspecified atom stereocenters. The van der Waals surface area contributed by atoms with E-state index in [-0.39, 0.29) is 11.2 Å². The van der Waals surface area contributed by atoms with Crippen molar-refractivity contribution in [3.63, 3.8) is 0 Å². The summed E-state index contributed by atoms with van der Waals surface area (Å²) in [6.45, 7) is 0. The SMILES string of the molecule is O=C(NC1CC1)C(Sc1ncnc2c1cnn2-c1ccccc1)c1ccccc1. The molecular weight excluding hydrogens is 382 g/mol. The van der Waals surface area contributed by atoms with Gasteiger partial charge >= 0.3 is 0 Å². The van der Waals surface area contributed by atoms with Crippen LogP contribution < -0.4 is 5.32 Å². The van der Waals surface area contributed by atoms with Gasteiger partial charge in [0.2, 0.25) is 5.91 Å². The third-order valence-electron chi connectivity index (χ3n) is 4.82. The summed E-state index contributed by atoms with van der Waals surface area (Å²) in [5.74, 6) is 0.0194. The van der Waals surface area contributed by atoms with Crippen LogP contribution in [0.1, 0.15) is 23.7 Å². The molecule has 2 heterocycles. The van der Waals surface area contributed by atoms with Crippen molar-refractivity contribution < 1.29 is 4.79 Å². The molecule has 1 aliphatic carbocycles. The van der Waals surface area contributed by atoms with Crippen molar-refractivity contribution in [2.75, 3.05) is 0 Å². The van der Waals surface area contributed by atoms with Crippen LogP contribution in [0.3, 0.4) is 0 Å². The van der Waals surface area contributed by atoms with Crippen LogP contribution in [-0.2, 0) is 4.79 Å². The van der Waals surface area contributed by atoms with Crippen LogP contribution in [0.5, 0.6) is 0 Å². The summed E-state index contributed by atoms with van der Waals surface area (Å²) in [5, 5.41) is 8.84. The first-order chi connectivity index (χ1) is 14.3. The van der Waals surface area contributed by atoms with E-state index in [9.17, 15) is 4.79 Å². The minimum absolute atomic E-state index is 0.0194. The first-order valence-electron chi connectivity index (χ1n) is 9.56. The first-order valence-corrected chi connectivity index (χ1v) is 10.4. The summed E-state index contributed by atoms with van der Waals surface area (Å²) in [4.78, 5) is 21.9. The van der Waals surface area contributed by atoms with E-state index in [1.54, 1.807) is 10.9 Å². The molecule has 0 aliphatic heterocycles. The van der Waals surface area contributed by atoms with Crippen molar-refractivity contribution in [2.45, 2.75) is 29.2 Å². The second-order valence-electron chi connectivity index (χ2n) is 7.00. The monoisotopic (exact) mass is 401 g/mol. The fraction of sp³-hybridized carbons (Fsp3) is 0.182. The number of nitrogens with zero attached hydrogens (tertiary/aromatic N) is 4. The zero-order valence-electron chi connectivity index (χ0n) is 15.6. The zero-order chi connectivity index (χ0) is 19.6. The Labute approximate surface area is 172 Å². The lowest BCUT2D eigenvalue weighted by molar-refractivity contribution is -0.120. The Morgan fingerprint density at radius 3 is 2.48 bits per heavy atom. The van der Waals surface area contributed by atoms with Gasteiger partial charge in [0, 0.05) is 6.04 Å². The van der Waals surface area contributed by atoms with E-state index >= 15 is 0 Å². The minimum Gasteiger partial charge on any atom is -0.352 e. The molecule has 144 valence electrons. The number of amides is 1. The van der Waals surface area contributed by atoms with Crippen LogP contribution in [-0.4, -0.2) is 31.7 Å². The van der Waals surface area contributed by atoms with Crippen LogP contribution in [0.4, 0.5) is 0 Å². The van der Waals surface area contributed by atoms with Gasteiger partial charge in [-0.2, -0.15) is 5.10 Å². The number of hydrogen-bond acceptors (Lipinski definition) is 5. The molecule has 1 amide bonds. The van der Waals surface area contributed by atoms with Crippen molar-refractivity contribution >= 4 is 28.7 Å². The fourth-order valence-corrected chi connectivity index (χ4v) is 4.26. The van der Waals surface area contributed by atoms with E-state index < -0.39 is 0 Å². The predicted octanol–water partition coefficient (Wildman–Crippen LogP) is 3.93. The van der Waals surface area contributed by atoms with Gasteiger partial charge in [-0.1, -0.05) is 60.3 Å². The number of carbonyl (C=O) groups excluding carboxylic acids is 1. The molecule has 5 rings (SSSR count). The van der Waals surface area contributed by atoms with Crippen LogP contribution in [0.2, 0.25) is 0 Å². The minimum atomic E-state index is -0.380. The largest absolute Gasteiger partial charge is 0.352 e. The molecule has 29 heavy (non-hydrogen) atoms. The smallest absolute Gasteiger partial charge is 0.238 e. The summed E-state index contributed by atoms with van der Waals surface area (Å²) < 4.78 is 1.79. The third kappa shape index (κ3) is 3.73. The van der Waals surface area contributed by atoms with Crippen LogP contribution in [0.25, 0.3) is 16.7 Å². The number of rotatable bonds is 6. The molecule has 4 aromatic rings. The highest BCUT2D eigenvalue weighted by Crippen LogP contribution is 2.38. The van der Waals surface area contributed by atoms with Crippen molar-refractivity contribution in [3.8, 4) is 5.69 Å². The average molecular weight is 401 g/mol. The number of hydrogen-bond donors (Lipinski definition) is 1. The van der Waals surface area contributed by atoms with Crippen LogP contribution in [0, 0.1) is 0 Å². The molecule has 0 radical (unpaired) electrons. The van der Waals surface area contributed by atoms with E-state index in [2.05, 4.69) is 20.4 Å². The summed E-state index contributed by atoms with van der Waals surface area (Å²) in [7, 11) is 0. The second-order valence-corrected chi connectivity index (χ2v) is 8.09. The number of nitrogens with one attached hydrogen (secondary N) is 1. The molecule has 7 heteroatoms. The summed E-state index contributed by atoms with van der Waals surface area (Å²) in [6, 6.07) is 20.0. The molecule has 1 saturated carbocycles. The third-order valence-corrected chi connectivity index (χ3v) is 6.09. The van der Waals surface area contributed by atoms with Crippen molar-refractivity contribution in [3.05, 3.63) is 78.8 Å². The Bertz CT molecular complexity index is 1140. The van der Waals surface area contributed by atoms with Gasteiger partial charge in [-0.3, -0.25) is 4.79 Å². The van der Waals surface area contributed by atoms with Crippen molar-refractivity contribution in [1.29, 1.82) is 0 Å².